The van der Waals surface area contributed by atoms with E-state index in [-0.39, 0.29) is 5.56 Å². The Morgan fingerprint density at radius 2 is 1.85 bits per heavy atom. The van der Waals surface area contributed by atoms with E-state index in [1.54, 1.807) is 31.2 Å². The summed E-state index contributed by atoms with van der Waals surface area (Å²) in [5.41, 5.74) is -1.67. The second-order valence-electron chi connectivity index (χ2n) is 5.21. The lowest BCUT2D eigenvalue weighted by Crippen LogP contribution is -2.23. The number of benzene rings is 1. The molecule has 1 heterocycles. The fourth-order valence-corrected chi connectivity index (χ4v) is 2.02. The van der Waals surface area contributed by atoms with Gasteiger partial charge < -0.3 is 5.11 Å². The average Bonchev–Trinajstić information content (AvgIpc) is 2.72. The molecule has 6 heteroatoms. The predicted octanol–water partition coefficient (Wildman–Crippen LogP) is 3.43. The van der Waals surface area contributed by atoms with Gasteiger partial charge in [0.1, 0.15) is 0 Å². The van der Waals surface area contributed by atoms with Gasteiger partial charge in [-0.05, 0) is 38.5 Å². The van der Waals surface area contributed by atoms with Gasteiger partial charge in [-0.25, -0.2) is 4.68 Å². The van der Waals surface area contributed by atoms with E-state index in [1.807, 2.05) is 0 Å². The average molecular weight is 284 g/mol. The van der Waals surface area contributed by atoms with Gasteiger partial charge in [0.25, 0.3) is 0 Å². The Labute approximate surface area is 114 Å². The largest absolute Gasteiger partial charge is 0.433 e. The first-order valence-electron chi connectivity index (χ1n) is 6.06. The van der Waals surface area contributed by atoms with Crippen LogP contribution in [0.2, 0.25) is 0 Å². The van der Waals surface area contributed by atoms with Crippen molar-refractivity contribution in [2.75, 3.05) is 0 Å². The van der Waals surface area contributed by atoms with E-state index in [0.717, 1.165) is 16.4 Å². The van der Waals surface area contributed by atoms with E-state index < -0.39 is 17.5 Å². The van der Waals surface area contributed by atoms with Crippen LogP contribution in [0.5, 0.6) is 0 Å². The zero-order valence-corrected chi connectivity index (χ0v) is 11.4. The summed E-state index contributed by atoms with van der Waals surface area (Å²) in [6, 6.07) is 6.60. The Balaban J connectivity index is 2.70. The van der Waals surface area contributed by atoms with Crippen LogP contribution in [0.4, 0.5) is 13.2 Å². The quantitative estimate of drug-likeness (QED) is 0.917. The maximum absolute atomic E-state index is 13.3. The Kier molecular flexibility index (Phi) is 3.37. The number of alkyl halides is 3. The van der Waals surface area contributed by atoms with Crippen LogP contribution in [-0.4, -0.2) is 14.9 Å². The molecule has 2 rings (SSSR count). The molecule has 0 saturated carbocycles. The maximum Gasteiger partial charge on any atom is 0.433 e. The van der Waals surface area contributed by atoms with E-state index in [2.05, 4.69) is 5.10 Å². The van der Waals surface area contributed by atoms with Gasteiger partial charge in [0.2, 0.25) is 0 Å². The van der Waals surface area contributed by atoms with Crippen LogP contribution >= 0.6 is 0 Å². The summed E-state index contributed by atoms with van der Waals surface area (Å²) in [7, 11) is 0. The summed E-state index contributed by atoms with van der Waals surface area (Å²) in [6.45, 7) is 4.40. The monoisotopic (exact) mass is 284 g/mol. The third kappa shape index (κ3) is 2.70. The van der Waals surface area contributed by atoms with Crippen LogP contribution < -0.4 is 0 Å². The Morgan fingerprint density at radius 1 is 1.20 bits per heavy atom. The summed E-state index contributed by atoms with van der Waals surface area (Å²) < 4.78 is 40.7. The Hall–Kier alpha value is -1.82. The first-order chi connectivity index (χ1) is 9.10. The highest BCUT2D eigenvalue weighted by molar-refractivity contribution is 5.40. The minimum atomic E-state index is -4.60. The summed E-state index contributed by atoms with van der Waals surface area (Å²) >= 11 is 0. The lowest BCUT2D eigenvalue weighted by molar-refractivity contribution is -0.145. The molecule has 0 unspecified atom stereocenters. The first-order valence-corrected chi connectivity index (χ1v) is 6.06. The molecule has 2 aromatic rings. The molecular weight excluding hydrogens is 269 g/mol. The van der Waals surface area contributed by atoms with E-state index in [4.69, 9.17) is 0 Å². The normalized spacial score (nSPS) is 12.8. The standard InChI is InChI=1S/C14H15F3N2O/c1-9-5-4-6-10(7-9)19-12(14(15,16)17)11(8-18-19)13(2,3)20/h4-8,20H,1-3H3. The number of aryl methyl sites for hydroxylation is 1. The van der Waals surface area contributed by atoms with Crippen molar-refractivity contribution in [1.29, 1.82) is 0 Å². The van der Waals surface area contributed by atoms with Crippen molar-refractivity contribution in [1.82, 2.24) is 9.78 Å². The van der Waals surface area contributed by atoms with Gasteiger partial charge in [0.15, 0.2) is 5.69 Å². The van der Waals surface area contributed by atoms with Crippen LogP contribution in [0.25, 0.3) is 5.69 Å². The highest BCUT2D eigenvalue weighted by atomic mass is 19.4. The van der Waals surface area contributed by atoms with Crippen LogP contribution in [0.3, 0.4) is 0 Å². The molecule has 0 aliphatic carbocycles. The lowest BCUT2D eigenvalue weighted by atomic mass is 9.98. The van der Waals surface area contributed by atoms with Crippen LogP contribution in [0.1, 0.15) is 30.7 Å². The number of nitrogens with zero attached hydrogens (tertiary/aromatic N) is 2. The number of hydrogen-bond acceptors (Lipinski definition) is 2. The van der Waals surface area contributed by atoms with Gasteiger partial charge in [-0.3, -0.25) is 0 Å². The fourth-order valence-electron chi connectivity index (χ4n) is 2.02. The molecule has 0 aliphatic rings. The molecule has 0 atom stereocenters. The molecule has 0 spiro atoms. The molecule has 3 nitrogen and oxygen atoms in total. The zero-order valence-electron chi connectivity index (χ0n) is 11.4. The Bertz CT molecular complexity index is 624. The molecule has 1 aromatic heterocycles. The number of hydrogen-bond donors (Lipinski definition) is 1. The number of rotatable bonds is 2. The Morgan fingerprint density at radius 3 is 2.35 bits per heavy atom. The SMILES string of the molecule is Cc1cccc(-n2ncc(C(C)(C)O)c2C(F)(F)F)c1. The summed E-state index contributed by atoms with van der Waals surface area (Å²) in [6.07, 6.45) is -3.54. The van der Waals surface area contributed by atoms with Crippen molar-refractivity contribution in [3.05, 3.63) is 47.3 Å². The molecule has 0 fully saturated rings. The highest BCUT2D eigenvalue weighted by Crippen LogP contribution is 2.37. The maximum atomic E-state index is 13.3. The molecule has 108 valence electrons. The summed E-state index contributed by atoms with van der Waals surface area (Å²) in [4.78, 5) is 0. The second-order valence-corrected chi connectivity index (χ2v) is 5.21. The van der Waals surface area contributed by atoms with Gasteiger partial charge in [-0.1, -0.05) is 12.1 Å². The van der Waals surface area contributed by atoms with Gasteiger partial charge in [-0.15, -0.1) is 0 Å². The predicted molar refractivity (Wildman–Crippen MR) is 68.5 cm³/mol. The highest BCUT2D eigenvalue weighted by Gasteiger charge is 2.42. The van der Waals surface area contributed by atoms with E-state index >= 15 is 0 Å². The molecule has 0 bridgehead atoms. The third-order valence-electron chi connectivity index (χ3n) is 2.94. The van der Waals surface area contributed by atoms with Crippen molar-refractivity contribution in [2.45, 2.75) is 32.5 Å². The van der Waals surface area contributed by atoms with Crippen molar-refractivity contribution < 1.29 is 18.3 Å². The number of aliphatic hydroxyl groups is 1. The molecule has 0 amide bonds. The van der Waals surface area contributed by atoms with Gasteiger partial charge >= 0.3 is 6.18 Å². The molecule has 1 N–H and O–H groups in total. The number of aromatic nitrogens is 2. The van der Waals surface area contributed by atoms with E-state index in [0.29, 0.717) is 5.69 Å². The second kappa shape index (κ2) is 4.63. The van der Waals surface area contributed by atoms with E-state index in [9.17, 15) is 18.3 Å². The van der Waals surface area contributed by atoms with Crippen LogP contribution in [0, 0.1) is 6.92 Å². The van der Waals surface area contributed by atoms with E-state index in [1.165, 1.54) is 13.8 Å². The molecule has 0 aliphatic heterocycles. The third-order valence-corrected chi connectivity index (χ3v) is 2.94. The molecule has 0 saturated heterocycles. The van der Waals surface area contributed by atoms with Gasteiger partial charge in [0, 0.05) is 5.56 Å². The molecule has 20 heavy (non-hydrogen) atoms. The topological polar surface area (TPSA) is 38.0 Å². The molecular formula is C14H15F3N2O. The van der Waals surface area contributed by atoms with Gasteiger partial charge in [-0.2, -0.15) is 18.3 Å². The van der Waals surface area contributed by atoms with Gasteiger partial charge in [0.05, 0.1) is 17.5 Å². The smallest absolute Gasteiger partial charge is 0.386 e. The molecule has 1 aromatic carbocycles. The van der Waals surface area contributed by atoms with Crippen molar-refractivity contribution >= 4 is 0 Å². The lowest BCUT2D eigenvalue weighted by Gasteiger charge is -2.20. The summed E-state index contributed by atoms with van der Waals surface area (Å²) in [5, 5.41) is 13.7. The van der Waals surface area contributed by atoms with Crippen LogP contribution in [0.15, 0.2) is 30.5 Å². The van der Waals surface area contributed by atoms with Crippen molar-refractivity contribution in [3.63, 3.8) is 0 Å². The van der Waals surface area contributed by atoms with Crippen molar-refractivity contribution in [2.24, 2.45) is 0 Å². The first kappa shape index (κ1) is 14.6. The minimum absolute atomic E-state index is 0.244. The minimum Gasteiger partial charge on any atom is -0.386 e. The fraction of sp³-hybridized carbons (Fsp3) is 0.357. The molecule has 0 radical (unpaired) electrons. The van der Waals surface area contributed by atoms with Crippen molar-refractivity contribution in [3.8, 4) is 5.69 Å². The summed E-state index contributed by atoms with van der Waals surface area (Å²) in [5.74, 6) is 0. The zero-order chi connectivity index (χ0) is 15.1. The van der Waals surface area contributed by atoms with Crippen LogP contribution in [-0.2, 0) is 11.8 Å². The number of halogens is 3.